The molecule has 2 aromatic rings. The van der Waals surface area contributed by atoms with Crippen LogP contribution in [0.5, 0.6) is 17.2 Å². The van der Waals surface area contributed by atoms with Gasteiger partial charge in [0.15, 0.2) is 17.9 Å². The number of halogens is 1. The van der Waals surface area contributed by atoms with Gasteiger partial charge in [0.2, 0.25) is 5.78 Å². The minimum Gasteiger partial charge on any atom is -0.507 e. The molecule has 1 fully saturated rings. The van der Waals surface area contributed by atoms with Gasteiger partial charge in [-0.05, 0) is 13.0 Å². The summed E-state index contributed by atoms with van der Waals surface area (Å²) >= 11 is 1.89. The number of hydrogen-bond acceptors (Lipinski definition) is 12. The van der Waals surface area contributed by atoms with Gasteiger partial charge in [-0.15, -0.1) is 0 Å². The molecule has 0 radical (unpaired) electrons. The topological polar surface area (TPSA) is 192 Å². The first-order chi connectivity index (χ1) is 19.0. The number of ether oxygens (including phenoxy) is 3. The molecular weight excluding hydrogens is 641 g/mol. The molecule has 1 saturated heterocycles. The van der Waals surface area contributed by atoms with Gasteiger partial charge in [0, 0.05) is 64.9 Å². The quantitative estimate of drug-likeness (QED) is 0.124. The smallest absolute Gasteiger partial charge is 0.202 e. The number of fused-ring (bicyclic) bond motifs is 3. The van der Waals surface area contributed by atoms with E-state index >= 15 is 0 Å². The number of carbonyl (C=O) groups is 3. The van der Waals surface area contributed by atoms with Gasteiger partial charge in [0.05, 0.1) is 42.1 Å². The van der Waals surface area contributed by atoms with Gasteiger partial charge < -0.3 is 39.7 Å². The summed E-state index contributed by atoms with van der Waals surface area (Å²) in [7, 11) is 1.33. The maximum absolute atomic E-state index is 13.7. The first kappa shape index (κ1) is 28.9. The number of ketones is 3. The van der Waals surface area contributed by atoms with E-state index in [1.807, 2.05) is 22.9 Å². The van der Waals surface area contributed by atoms with Crippen LogP contribution < -0.4 is 8.27 Å². The lowest BCUT2D eigenvalue weighted by Gasteiger charge is -2.42. The van der Waals surface area contributed by atoms with Crippen LogP contribution in [0.25, 0.3) is 0 Å². The number of methoxy groups -OCH3 is 1. The number of carbonyl (C=O) groups excluding carboxylic acids is 3. The van der Waals surface area contributed by atoms with Gasteiger partial charge in [0.1, 0.15) is 29.5 Å². The molecule has 40 heavy (non-hydrogen) atoms. The molecule has 1 aliphatic heterocycles. The van der Waals surface area contributed by atoms with Gasteiger partial charge in [-0.3, -0.25) is 17.9 Å². The van der Waals surface area contributed by atoms with Crippen LogP contribution in [0.2, 0.25) is 0 Å². The molecule has 6 atom stereocenters. The van der Waals surface area contributed by atoms with Crippen LogP contribution in [-0.2, 0) is 20.7 Å². The number of rotatable bonds is 6. The average Bonchev–Trinajstić information content (AvgIpc) is 2.94. The average molecular weight is 669 g/mol. The number of phenols is 2. The second kappa shape index (κ2) is 10.6. The normalized spacial score (nSPS) is 29.4. The molecule has 2 aromatic carbocycles. The maximum Gasteiger partial charge on any atom is 0.202 e. The highest BCUT2D eigenvalue weighted by molar-refractivity contribution is 14.1. The highest BCUT2D eigenvalue weighted by Crippen LogP contribution is 2.52. The van der Waals surface area contributed by atoms with Crippen LogP contribution in [0, 0.1) is 0 Å². The third kappa shape index (κ3) is 4.40. The van der Waals surface area contributed by atoms with Crippen LogP contribution in [0.15, 0.2) is 18.2 Å². The standard InChI is InChI=1S/C27H28INO11/c1-10-22(32)13(29-28)6-17(39-10)40-15-8-27(37,16(31)9-30)7-12-19(15)26(36)21-20(24(12)34)23(33)11-4-3-5-14(38-2)18(11)25(21)35/h3-5,10,13,15,17,22,29-30,32,34,36-37H,6-9H2,1-2H3/t10-,13-,15-,17+,22+,27-/m0/s1. The summed E-state index contributed by atoms with van der Waals surface area (Å²) in [5, 5.41) is 54.1. The van der Waals surface area contributed by atoms with Gasteiger partial charge in [-0.25, -0.2) is 0 Å². The van der Waals surface area contributed by atoms with E-state index in [0.717, 1.165) is 0 Å². The summed E-state index contributed by atoms with van der Waals surface area (Å²) < 4.78 is 20.2. The molecule has 0 unspecified atom stereocenters. The second-order valence-electron chi connectivity index (χ2n) is 10.2. The molecule has 6 N–H and O–H groups in total. The van der Waals surface area contributed by atoms with Crippen molar-refractivity contribution in [2.75, 3.05) is 13.7 Å². The number of phenolic OH excluding ortho intramolecular Hbond substituents is 2. The van der Waals surface area contributed by atoms with Gasteiger partial charge in [-0.1, -0.05) is 12.1 Å². The Kier molecular flexibility index (Phi) is 7.67. The summed E-state index contributed by atoms with van der Waals surface area (Å²) in [6, 6.07) is 3.95. The fourth-order valence-corrected chi connectivity index (χ4v) is 6.45. The summed E-state index contributed by atoms with van der Waals surface area (Å²) in [6.45, 7) is 0.626. The maximum atomic E-state index is 13.7. The highest BCUT2D eigenvalue weighted by atomic mass is 127. The van der Waals surface area contributed by atoms with E-state index in [-0.39, 0.29) is 34.4 Å². The van der Waals surface area contributed by atoms with Crippen molar-refractivity contribution < 1.29 is 54.1 Å². The molecule has 5 rings (SSSR count). The minimum atomic E-state index is -2.23. The lowest BCUT2D eigenvalue weighted by molar-refractivity contribution is -0.248. The predicted molar refractivity (Wildman–Crippen MR) is 145 cm³/mol. The Hall–Kier alpha value is -2.66. The first-order valence-electron chi connectivity index (χ1n) is 12.6. The molecule has 0 bridgehead atoms. The van der Waals surface area contributed by atoms with Crippen molar-refractivity contribution in [2.45, 2.75) is 62.4 Å². The van der Waals surface area contributed by atoms with Crippen molar-refractivity contribution in [3.63, 3.8) is 0 Å². The van der Waals surface area contributed by atoms with Gasteiger partial charge in [0.25, 0.3) is 0 Å². The Bertz CT molecular complexity index is 1410. The van der Waals surface area contributed by atoms with Crippen molar-refractivity contribution in [2.24, 2.45) is 0 Å². The van der Waals surface area contributed by atoms with E-state index in [1.165, 1.54) is 25.3 Å². The highest BCUT2D eigenvalue weighted by Gasteiger charge is 2.50. The van der Waals surface area contributed by atoms with Crippen molar-refractivity contribution in [1.29, 1.82) is 0 Å². The van der Waals surface area contributed by atoms with E-state index in [4.69, 9.17) is 14.2 Å². The van der Waals surface area contributed by atoms with E-state index in [9.17, 15) is 39.9 Å². The molecule has 0 aromatic heterocycles. The first-order valence-corrected chi connectivity index (χ1v) is 13.6. The second-order valence-corrected chi connectivity index (χ2v) is 10.8. The Morgan fingerprint density at radius 3 is 2.52 bits per heavy atom. The van der Waals surface area contributed by atoms with Gasteiger partial charge >= 0.3 is 0 Å². The minimum absolute atomic E-state index is 0.0442. The van der Waals surface area contributed by atoms with E-state index in [2.05, 4.69) is 3.53 Å². The van der Waals surface area contributed by atoms with Crippen molar-refractivity contribution in [1.82, 2.24) is 3.53 Å². The van der Waals surface area contributed by atoms with Crippen LogP contribution in [-0.4, -0.2) is 86.7 Å². The predicted octanol–water partition coefficient (Wildman–Crippen LogP) is 0.982. The largest absolute Gasteiger partial charge is 0.507 e. The molecule has 0 amide bonds. The molecule has 13 heteroatoms. The zero-order valence-corrected chi connectivity index (χ0v) is 23.7. The summed E-state index contributed by atoms with van der Waals surface area (Å²) in [5.74, 6) is -3.70. The van der Waals surface area contributed by atoms with E-state index < -0.39 is 95.7 Å². The Labute approximate surface area is 242 Å². The van der Waals surface area contributed by atoms with Crippen molar-refractivity contribution in [3.8, 4) is 17.2 Å². The molecule has 0 spiro atoms. The molecular formula is C27H28INO11. The molecule has 12 nitrogen and oxygen atoms in total. The van der Waals surface area contributed by atoms with Crippen molar-refractivity contribution in [3.05, 3.63) is 51.6 Å². The number of aromatic hydroxyl groups is 2. The number of benzene rings is 2. The molecule has 0 saturated carbocycles. The molecule has 2 aliphatic carbocycles. The number of Topliss-reactive ketones (excluding diaryl/α,β-unsaturated/α-hetero) is 1. The van der Waals surface area contributed by atoms with Crippen LogP contribution >= 0.6 is 22.9 Å². The SMILES string of the molecule is COc1cccc2c1C(=O)c1c(O)c3c(c(O)c1C2=O)C[C@@](O)(C(=O)CO)C[C@@H]3O[C@@H]1C[C@H](NI)[C@H](O)[C@H](C)O1. The molecule has 1 heterocycles. The number of hydrogen-bond donors (Lipinski definition) is 6. The molecule has 214 valence electrons. The Morgan fingerprint density at radius 2 is 1.88 bits per heavy atom. The van der Waals surface area contributed by atoms with Gasteiger partial charge in [-0.2, -0.15) is 0 Å². The fourth-order valence-electron chi connectivity index (χ4n) is 5.82. The Morgan fingerprint density at radius 1 is 1.18 bits per heavy atom. The van der Waals surface area contributed by atoms with E-state index in [0.29, 0.717) is 0 Å². The molecule has 3 aliphatic rings. The number of nitrogens with one attached hydrogen (secondary N) is 1. The van der Waals surface area contributed by atoms with Crippen LogP contribution in [0.4, 0.5) is 0 Å². The summed E-state index contributed by atoms with van der Waals surface area (Å²) in [6.07, 6.45) is -4.69. The lowest BCUT2D eigenvalue weighted by atomic mass is 9.72. The Balaban J connectivity index is 1.68. The third-order valence-electron chi connectivity index (χ3n) is 7.90. The summed E-state index contributed by atoms with van der Waals surface area (Å²) in [4.78, 5) is 39.9. The number of aliphatic hydroxyl groups is 3. The van der Waals surface area contributed by atoms with Crippen molar-refractivity contribution >= 4 is 40.2 Å². The number of aliphatic hydroxyl groups excluding tert-OH is 2. The van der Waals surface area contributed by atoms with E-state index in [1.54, 1.807) is 6.92 Å². The van der Waals surface area contributed by atoms with Crippen LogP contribution in [0.3, 0.4) is 0 Å². The van der Waals surface area contributed by atoms with Crippen LogP contribution in [0.1, 0.15) is 68.8 Å². The lowest BCUT2D eigenvalue weighted by Crippen LogP contribution is -2.52. The zero-order chi connectivity index (χ0) is 29.1. The zero-order valence-electron chi connectivity index (χ0n) is 21.5. The monoisotopic (exact) mass is 669 g/mol. The summed E-state index contributed by atoms with van der Waals surface area (Å²) in [5.41, 5.74) is -3.53. The fraction of sp³-hybridized carbons (Fsp3) is 0.444. The third-order valence-corrected chi connectivity index (χ3v) is 8.70.